The number of nitrogens with zero attached hydrogens (tertiary/aromatic N) is 5. The number of H-pyrrole nitrogens is 2. The molecular formula is C21H16F3N7. The molecule has 0 saturated carbocycles. The van der Waals surface area contributed by atoms with E-state index in [0.29, 0.717) is 16.9 Å². The SMILES string of the molecule is Cc1[nH]ncc1-c1cnc2[nH]cc(-c3cnn(Cc4ccccc4C(F)(F)F)c3)c2n1. The standard InChI is InChI=1S/C21H16F3N7/c1-12-15(8-27-30-12)18-9-26-20-19(29-18)16(7-25-20)14-6-28-31(11-14)10-13-4-2-3-5-17(13)21(22,23)24/h2-9,11H,10H2,1H3,(H,25,26)(H,27,30). The lowest BCUT2D eigenvalue weighted by molar-refractivity contribution is -0.138. The quantitative estimate of drug-likeness (QED) is 0.443. The van der Waals surface area contributed by atoms with Gasteiger partial charge in [-0.1, -0.05) is 18.2 Å². The van der Waals surface area contributed by atoms with Gasteiger partial charge in [-0.3, -0.25) is 9.78 Å². The maximum absolute atomic E-state index is 13.3. The Balaban J connectivity index is 1.50. The molecule has 2 N–H and O–H groups in total. The molecular weight excluding hydrogens is 407 g/mol. The molecule has 156 valence electrons. The molecule has 0 amide bonds. The third-order valence-electron chi connectivity index (χ3n) is 5.09. The van der Waals surface area contributed by atoms with Crippen molar-refractivity contribution < 1.29 is 13.2 Å². The van der Waals surface area contributed by atoms with E-state index in [9.17, 15) is 13.2 Å². The Hall–Kier alpha value is -3.95. The molecule has 7 nitrogen and oxygen atoms in total. The van der Waals surface area contributed by atoms with E-state index >= 15 is 0 Å². The number of halogens is 3. The van der Waals surface area contributed by atoms with Crippen molar-refractivity contribution in [1.29, 1.82) is 0 Å². The van der Waals surface area contributed by atoms with E-state index in [-0.39, 0.29) is 12.1 Å². The van der Waals surface area contributed by atoms with Crippen LogP contribution in [0.3, 0.4) is 0 Å². The minimum atomic E-state index is -4.42. The van der Waals surface area contributed by atoms with E-state index in [0.717, 1.165) is 28.5 Å². The van der Waals surface area contributed by atoms with Crippen LogP contribution in [0.15, 0.2) is 55.2 Å². The van der Waals surface area contributed by atoms with E-state index in [1.807, 2.05) is 6.92 Å². The number of aromatic amines is 2. The first-order valence-electron chi connectivity index (χ1n) is 9.42. The lowest BCUT2D eigenvalue weighted by atomic mass is 10.1. The Morgan fingerprint density at radius 2 is 1.90 bits per heavy atom. The highest BCUT2D eigenvalue weighted by Gasteiger charge is 2.32. The molecule has 0 aliphatic carbocycles. The third-order valence-corrected chi connectivity index (χ3v) is 5.09. The molecule has 0 unspecified atom stereocenters. The zero-order chi connectivity index (χ0) is 21.6. The van der Waals surface area contributed by atoms with E-state index in [1.165, 1.54) is 16.8 Å². The second-order valence-corrected chi connectivity index (χ2v) is 7.14. The number of hydrogen-bond donors (Lipinski definition) is 2. The Labute approximate surface area is 174 Å². The summed E-state index contributed by atoms with van der Waals surface area (Å²) in [6, 6.07) is 5.50. The van der Waals surface area contributed by atoms with Gasteiger partial charge in [-0.15, -0.1) is 0 Å². The molecule has 0 aliphatic heterocycles. The van der Waals surface area contributed by atoms with Gasteiger partial charge in [0.2, 0.25) is 0 Å². The highest BCUT2D eigenvalue weighted by Crippen LogP contribution is 2.33. The second kappa shape index (κ2) is 7.08. The molecule has 0 bridgehead atoms. The highest BCUT2D eigenvalue weighted by molar-refractivity contribution is 5.91. The first-order chi connectivity index (χ1) is 14.9. The average Bonchev–Trinajstić information content (AvgIpc) is 3.46. The zero-order valence-electron chi connectivity index (χ0n) is 16.3. The maximum Gasteiger partial charge on any atom is 0.416 e. The number of aryl methyl sites for hydroxylation is 1. The molecule has 1 aromatic carbocycles. The first kappa shape index (κ1) is 19.0. The van der Waals surface area contributed by atoms with E-state index in [1.54, 1.807) is 37.1 Å². The molecule has 0 fully saturated rings. The van der Waals surface area contributed by atoms with Crippen molar-refractivity contribution >= 4 is 11.2 Å². The Morgan fingerprint density at radius 3 is 2.68 bits per heavy atom. The zero-order valence-corrected chi connectivity index (χ0v) is 16.3. The first-order valence-corrected chi connectivity index (χ1v) is 9.42. The van der Waals surface area contributed by atoms with Gasteiger partial charge in [0, 0.05) is 34.8 Å². The summed E-state index contributed by atoms with van der Waals surface area (Å²) in [7, 11) is 0. The fourth-order valence-electron chi connectivity index (χ4n) is 3.55. The van der Waals surface area contributed by atoms with Gasteiger partial charge in [-0.05, 0) is 18.6 Å². The Morgan fingerprint density at radius 1 is 1.06 bits per heavy atom. The van der Waals surface area contributed by atoms with Crippen molar-refractivity contribution in [1.82, 2.24) is 34.9 Å². The molecule has 0 aliphatic rings. The summed E-state index contributed by atoms with van der Waals surface area (Å²) in [5.74, 6) is 0. The van der Waals surface area contributed by atoms with E-state index < -0.39 is 11.7 Å². The summed E-state index contributed by atoms with van der Waals surface area (Å²) in [5, 5.41) is 11.2. The summed E-state index contributed by atoms with van der Waals surface area (Å²) in [6.07, 6.45) is 4.01. The number of hydrogen-bond acceptors (Lipinski definition) is 4. The Kier molecular flexibility index (Phi) is 4.35. The van der Waals surface area contributed by atoms with E-state index in [4.69, 9.17) is 4.98 Å². The van der Waals surface area contributed by atoms with Crippen molar-refractivity contribution in [2.75, 3.05) is 0 Å². The summed E-state index contributed by atoms with van der Waals surface area (Å²) >= 11 is 0. The molecule has 5 rings (SSSR count). The van der Waals surface area contributed by atoms with Crippen LogP contribution >= 0.6 is 0 Å². The lowest BCUT2D eigenvalue weighted by Gasteiger charge is -2.12. The highest BCUT2D eigenvalue weighted by atomic mass is 19.4. The largest absolute Gasteiger partial charge is 0.416 e. The number of alkyl halides is 3. The minimum absolute atomic E-state index is 0.00316. The van der Waals surface area contributed by atoms with Crippen molar-refractivity contribution in [2.24, 2.45) is 0 Å². The van der Waals surface area contributed by atoms with Crippen LogP contribution < -0.4 is 0 Å². The van der Waals surface area contributed by atoms with Crippen LogP contribution in [0.1, 0.15) is 16.8 Å². The molecule has 0 spiro atoms. The predicted molar refractivity (Wildman–Crippen MR) is 108 cm³/mol. The summed E-state index contributed by atoms with van der Waals surface area (Å²) in [5.41, 5.74) is 4.63. The van der Waals surface area contributed by atoms with Crippen LogP contribution in [-0.4, -0.2) is 34.9 Å². The fourth-order valence-corrected chi connectivity index (χ4v) is 3.55. The number of fused-ring (bicyclic) bond motifs is 1. The molecule has 4 heterocycles. The second-order valence-electron chi connectivity index (χ2n) is 7.14. The molecule has 4 aromatic heterocycles. The van der Waals surface area contributed by atoms with Crippen molar-refractivity contribution in [3.63, 3.8) is 0 Å². The molecule has 5 aromatic rings. The van der Waals surface area contributed by atoms with Crippen LogP contribution in [0.5, 0.6) is 0 Å². The van der Waals surface area contributed by atoms with Gasteiger partial charge in [-0.25, -0.2) is 9.97 Å². The lowest BCUT2D eigenvalue weighted by Crippen LogP contribution is -2.11. The maximum atomic E-state index is 13.3. The fraction of sp³-hybridized carbons (Fsp3) is 0.143. The molecule has 0 saturated heterocycles. The topological polar surface area (TPSA) is 88.1 Å². The van der Waals surface area contributed by atoms with Crippen LogP contribution in [0.4, 0.5) is 13.2 Å². The molecule has 31 heavy (non-hydrogen) atoms. The van der Waals surface area contributed by atoms with Gasteiger partial charge >= 0.3 is 6.18 Å². The van der Waals surface area contributed by atoms with Gasteiger partial charge in [0.05, 0.1) is 36.4 Å². The Bertz CT molecular complexity index is 1380. The van der Waals surface area contributed by atoms with Crippen molar-refractivity contribution in [3.05, 3.63) is 72.1 Å². The van der Waals surface area contributed by atoms with Crippen LogP contribution in [0.2, 0.25) is 0 Å². The molecule has 0 radical (unpaired) electrons. The van der Waals surface area contributed by atoms with Crippen molar-refractivity contribution in [2.45, 2.75) is 19.6 Å². The number of benzene rings is 1. The van der Waals surface area contributed by atoms with Gasteiger partial charge in [-0.2, -0.15) is 23.4 Å². The number of nitrogens with one attached hydrogen (secondary N) is 2. The normalized spacial score (nSPS) is 12.0. The summed E-state index contributed by atoms with van der Waals surface area (Å²) < 4.78 is 41.3. The smallest absolute Gasteiger partial charge is 0.344 e. The number of rotatable bonds is 4. The minimum Gasteiger partial charge on any atom is -0.344 e. The van der Waals surface area contributed by atoms with Crippen molar-refractivity contribution in [3.8, 4) is 22.4 Å². The van der Waals surface area contributed by atoms with Gasteiger partial charge in [0.25, 0.3) is 0 Å². The van der Waals surface area contributed by atoms with Gasteiger partial charge in [0.15, 0.2) is 5.65 Å². The van der Waals surface area contributed by atoms with Crippen LogP contribution in [-0.2, 0) is 12.7 Å². The average molecular weight is 423 g/mol. The molecule has 10 heteroatoms. The third kappa shape index (κ3) is 3.45. The van der Waals surface area contributed by atoms with Gasteiger partial charge < -0.3 is 4.98 Å². The summed E-state index contributed by atoms with van der Waals surface area (Å²) in [6.45, 7) is 1.90. The molecule has 0 atom stereocenters. The van der Waals surface area contributed by atoms with Crippen LogP contribution in [0.25, 0.3) is 33.5 Å². The van der Waals surface area contributed by atoms with Gasteiger partial charge in [0.1, 0.15) is 5.52 Å². The van der Waals surface area contributed by atoms with E-state index in [2.05, 4.69) is 25.3 Å². The number of aromatic nitrogens is 7. The predicted octanol–water partition coefficient (Wildman–Crippen LogP) is 4.59. The summed E-state index contributed by atoms with van der Waals surface area (Å²) in [4.78, 5) is 12.2. The monoisotopic (exact) mass is 423 g/mol. The van der Waals surface area contributed by atoms with Crippen LogP contribution in [0, 0.1) is 6.92 Å².